The van der Waals surface area contributed by atoms with E-state index in [1.807, 2.05) is 19.1 Å². The number of aliphatic hydroxyl groups excluding tert-OH is 1. The number of H-pyrrole nitrogens is 1. The van der Waals surface area contributed by atoms with E-state index in [0.717, 1.165) is 18.4 Å². The molecule has 1 unspecified atom stereocenters. The summed E-state index contributed by atoms with van der Waals surface area (Å²) < 4.78 is 0. The quantitative estimate of drug-likeness (QED) is 0.884. The summed E-state index contributed by atoms with van der Waals surface area (Å²) in [6.07, 6.45) is 1.64. The number of amides is 1. The molecule has 0 aliphatic heterocycles. The second-order valence-corrected chi connectivity index (χ2v) is 6.60. The van der Waals surface area contributed by atoms with E-state index < -0.39 is 6.10 Å². The summed E-state index contributed by atoms with van der Waals surface area (Å²) in [5.41, 5.74) is 1.92. The lowest BCUT2D eigenvalue weighted by atomic mass is 10.2. The minimum absolute atomic E-state index is 0.188. The predicted octanol–water partition coefficient (Wildman–Crippen LogP) is 2.88. The summed E-state index contributed by atoms with van der Waals surface area (Å²) >= 11 is 6.00. The van der Waals surface area contributed by atoms with E-state index in [9.17, 15) is 9.90 Å². The standard InChI is InChI=1S/C17H20ClN3O2/c1-10-15(17(23)21(2)9-14(22)11-6-7-11)20-16(19-10)12-4-3-5-13(18)8-12/h3-5,8,11,14,22H,6-7,9H2,1-2H3,(H,19,20). The van der Waals surface area contributed by atoms with Crippen LogP contribution in [-0.2, 0) is 0 Å². The van der Waals surface area contributed by atoms with Crippen molar-refractivity contribution in [2.45, 2.75) is 25.9 Å². The van der Waals surface area contributed by atoms with Gasteiger partial charge < -0.3 is 15.0 Å². The van der Waals surface area contributed by atoms with Gasteiger partial charge in [0.1, 0.15) is 11.5 Å². The summed E-state index contributed by atoms with van der Waals surface area (Å²) in [5.74, 6) is 0.767. The Labute approximate surface area is 140 Å². The number of nitrogens with one attached hydrogen (secondary N) is 1. The molecule has 1 aromatic heterocycles. The van der Waals surface area contributed by atoms with Crippen LogP contribution in [0.1, 0.15) is 29.0 Å². The molecule has 0 saturated heterocycles. The third-order valence-corrected chi connectivity index (χ3v) is 4.39. The average Bonchev–Trinajstić information content (AvgIpc) is 3.29. The number of nitrogens with zero attached hydrogens (tertiary/aromatic N) is 2. The molecular weight excluding hydrogens is 314 g/mol. The molecule has 5 nitrogen and oxygen atoms in total. The maximum Gasteiger partial charge on any atom is 0.274 e. The number of halogens is 1. The molecule has 23 heavy (non-hydrogen) atoms. The van der Waals surface area contributed by atoms with Crippen LogP contribution in [0.5, 0.6) is 0 Å². The van der Waals surface area contributed by atoms with Crippen molar-refractivity contribution in [1.82, 2.24) is 14.9 Å². The number of hydrogen-bond acceptors (Lipinski definition) is 3. The third kappa shape index (κ3) is 3.57. The maximum absolute atomic E-state index is 12.6. The molecule has 1 aromatic carbocycles. The van der Waals surface area contributed by atoms with Gasteiger partial charge in [0.05, 0.1) is 6.10 Å². The molecule has 1 fully saturated rings. The van der Waals surface area contributed by atoms with Gasteiger partial charge in [0.15, 0.2) is 0 Å². The van der Waals surface area contributed by atoms with E-state index in [-0.39, 0.29) is 5.91 Å². The van der Waals surface area contributed by atoms with Crippen LogP contribution in [-0.4, -0.2) is 45.6 Å². The smallest absolute Gasteiger partial charge is 0.274 e. The molecule has 3 rings (SSSR count). The molecular formula is C17H20ClN3O2. The summed E-state index contributed by atoms with van der Waals surface area (Å²) in [7, 11) is 1.70. The fraction of sp³-hybridized carbons (Fsp3) is 0.412. The van der Waals surface area contributed by atoms with E-state index in [1.165, 1.54) is 4.90 Å². The second-order valence-electron chi connectivity index (χ2n) is 6.16. The topological polar surface area (TPSA) is 69.2 Å². The number of aliphatic hydroxyl groups is 1. The Morgan fingerprint density at radius 3 is 2.91 bits per heavy atom. The number of rotatable bonds is 5. The van der Waals surface area contributed by atoms with Crippen molar-refractivity contribution >= 4 is 17.5 Å². The molecule has 122 valence electrons. The minimum atomic E-state index is -0.449. The van der Waals surface area contributed by atoms with Crippen LogP contribution in [0.3, 0.4) is 0 Å². The van der Waals surface area contributed by atoms with Gasteiger partial charge in [0.25, 0.3) is 5.91 Å². The van der Waals surface area contributed by atoms with Gasteiger partial charge in [0.2, 0.25) is 0 Å². The van der Waals surface area contributed by atoms with Crippen LogP contribution < -0.4 is 0 Å². The number of imidazole rings is 1. The first kappa shape index (κ1) is 16.0. The Kier molecular flexibility index (Phi) is 4.41. The molecule has 1 heterocycles. The fourth-order valence-electron chi connectivity index (χ4n) is 2.62. The number of aromatic nitrogens is 2. The zero-order chi connectivity index (χ0) is 16.6. The lowest BCUT2D eigenvalue weighted by Gasteiger charge is -2.20. The molecule has 6 heteroatoms. The third-order valence-electron chi connectivity index (χ3n) is 4.16. The average molecular weight is 334 g/mol. The van der Waals surface area contributed by atoms with Gasteiger partial charge in [-0.2, -0.15) is 0 Å². The van der Waals surface area contributed by atoms with Crippen LogP contribution in [0.4, 0.5) is 0 Å². The summed E-state index contributed by atoms with van der Waals surface area (Å²) in [4.78, 5) is 21.7. The molecule has 1 saturated carbocycles. The van der Waals surface area contributed by atoms with Crippen LogP contribution in [0.15, 0.2) is 24.3 Å². The second kappa shape index (κ2) is 6.34. The molecule has 0 bridgehead atoms. The highest BCUT2D eigenvalue weighted by Gasteiger charge is 2.31. The van der Waals surface area contributed by atoms with E-state index in [2.05, 4.69) is 9.97 Å². The number of carbonyl (C=O) groups excluding carboxylic acids is 1. The van der Waals surface area contributed by atoms with Crippen molar-refractivity contribution in [3.8, 4) is 11.4 Å². The van der Waals surface area contributed by atoms with E-state index in [4.69, 9.17) is 11.6 Å². The largest absolute Gasteiger partial charge is 0.391 e. The lowest BCUT2D eigenvalue weighted by Crippen LogP contribution is -2.35. The van der Waals surface area contributed by atoms with Gasteiger partial charge in [-0.1, -0.05) is 23.7 Å². The van der Waals surface area contributed by atoms with Gasteiger partial charge in [-0.3, -0.25) is 4.79 Å². The Morgan fingerprint density at radius 1 is 1.52 bits per heavy atom. The van der Waals surface area contributed by atoms with Crippen molar-refractivity contribution in [3.63, 3.8) is 0 Å². The van der Waals surface area contributed by atoms with Gasteiger partial charge in [-0.15, -0.1) is 0 Å². The van der Waals surface area contributed by atoms with Crippen molar-refractivity contribution in [2.24, 2.45) is 5.92 Å². The predicted molar refractivity (Wildman–Crippen MR) is 89.5 cm³/mol. The van der Waals surface area contributed by atoms with Crippen molar-refractivity contribution < 1.29 is 9.90 Å². The molecule has 1 aliphatic carbocycles. The number of aromatic amines is 1. The Bertz CT molecular complexity index is 724. The highest BCUT2D eigenvalue weighted by atomic mass is 35.5. The number of carbonyl (C=O) groups is 1. The molecule has 1 atom stereocenters. The van der Waals surface area contributed by atoms with Crippen LogP contribution >= 0.6 is 11.6 Å². The molecule has 1 amide bonds. The normalized spacial score (nSPS) is 15.5. The maximum atomic E-state index is 12.6. The summed E-state index contributed by atoms with van der Waals surface area (Å²) in [5, 5.41) is 10.6. The van der Waals surface area contributed by atoms with E-state index in [1.54, 1.807) is 19.2 Å². The van der Waals surface area contributed by atoms with Crippen molar-refractivity contribution in [1.29, 1.82) is 0 Å². The molecule has 1 aliphatic rings. The zero-order valence-corrected chi connectivity index (χ0v) is 14.0. The van der Waals surface area contributed by atoms with Gasteiger partial charge in [-0.05, 0) is 37.8 Å². The first-order valence-electron chi connectivity index (χ1n) is 7.72. The molecule has 2 N–H and O–H groups in total. The Balaban J connectivity index is 1.78. The first-order chi connectivity index (χ1) is 11.0. The lowest BCUT2D eigenvalue weighted by molar-refractivity contribution is 0.0640. The van der Waals surface area contributed by atoms with Crippen molar-refractivity contribution in [3.05, 3.63) is 40.7 Å². The minimum Gasteiger partial charge on any atom is -0.391 e. The van der Waals surface area contributed by atoms with E-state index >= 15 is 0 Å². The molecule has 0 spiro atoms. The Hall–Kier alpha value is -1.85. The highest BCUT2D eigenvalue weighted by molar-refractivity contribution is 6.30. The van der Waals surface area contributed by atoms with Crippen LogP contribution in [0, 0.1) is 12.8 Å². The molecule has 2 aromatic rings. The van der Waals surface area contributed by atoms with Crippen LogP contribution in [0.2, 0.25) is 5.02 Å². The number of aryl methyl sites for hydroxylation is 1. The molecule has 0 radical (unpaired) electrons. The number of benzene rings is 1. The first-order valence-corrected chi connectivity index (χ1v) is 8.09. The van der Waals surface area contributed by atoms with Gasteiger partial charge in [-0.25, -0.2) is 4.98 Å². The van der Waals surface area contributed by atoms with Crippen molar-refractivity contribution in [2.75, 3.05) is 13.6 Å². The Morgan fingerprint density at radius 2 is 2.26 bits per heavy atom. The zero-order valence-electron chi connectivity index (χ0n) is 13.2. The SMILES string of the molecule is Cc1[nH]c(-c2cccc(Cl)c2)nc1C(=O)N(C)CC(O)C1CC1. The number of likely N-dealkylation sites (N-methyl/N-ethyl adjacent to an activating group) is 1. The highest BCUT2D eigenvalue weighted by Crippen LogP contribution is 2.33. The van der Waals surface area contributed by atoms with Gasteiger partial charge >= 0.3 is 0 Å². The van der Waals surface area contributed by atoms with Gasteiger partial charge in [0, 0.05) is 29.9 Å². The fourth-order valence-corrected chi connectivity index (χ4v) is 2.81. The van der Waals surface area contributed by atoms with Crippen LogP contribution in [0.25, 0.3) is 11.4 Å². The number of hydrogen-bond donors (Lipinski definition) is 2. The summed E-state index contributed by atoms with van der Waals surface area (Å²) in [6, 6.07) is 7.32. The summed E-state index contributed by atoms with van der Waals surface area (Å²) in [6.45, 7) is 2.15. The van der Waals surface area contributed by atoms with E-state index in [0.29, 0.717) is 34.7 Å². The monoisotopic (exact) mass is 333 g/mol.